The molecule has 3 rings (SSSR count). The number of hydrogen-bond acceptors (Lipinski definition) is 4. The molecule has 140 valence electrons. The standard InChI is InChI=1S/C22H25N3O2/c1-4-17-9-11-18(12-10-17)22-24-21(27-25-22)14-13-20(26)23-16(3)19-8-6-5-7-15(19)2/h5-12,16H,4,13-14H2,1-3H3,(H,23,26). The molecule has 1 amide bonds. The van der Waals surface area contributed by atoms with Gasteiger partial charge in [0.1, 0.15) is 0 Å². The smallest absolute Gasteiger partial charge is 0.227 e. The molecule has 3 aromatic rings. The molecular weight excluding hydrogens is 338 g/mol. The van der Waals surface area contributed by atoms with Crippen LogP contribution in [-0.2, 0) is 17.6 Å². The van der Waals surface area contributed by atoms with Crippen molar-refractivity contribution in [2.24, 2.45) is 0 Å². The highest BCUT2D eigenvalue weighted by Crippen LogP contribution is 2.18. The van der Waals surface area contributed by atoms with Gasteiger partial charge in [0, 0.05) is 18.4 Å². The van der Waals surface area contributed by atoms with E-state index in [4.69, 9.17) is 4.52 Å². The van der Waals surface area contributed by atoms with Gasteiger partial charge >= 0.3 is 0 Å². The van der Waals surface area contributed by atoms with Crippen LogP contribution >= 0.6 is 0 Å². The second-order valence-electron chi connectivity index (χ2n) is 6.71. The van der Waals surface area contributed by atoms with Crippen LogP contribution in [0.4, 0.5) is 0 Å². The summed E-state index contributed by atoms with van der Waals surface area (Å²) >= 11 is 0. The SMILES string of the molecule is CCc1ccc(-c2noc(CCC(=O)NC(C)c3ccccc3C)n2)cc1. The molecule has 0 bridgehead atoms. The summed E-state index contributed by atoms with van der Waals surface area (Å²) in [5.74, 6) is 1.00. The third-order valence-electron chi connectivity index (χ3n) is 4.69. The zero-order valence-corrected chi connectivity index (χ0v) is 16.0. The van der Waals surface area contributed by atoms with E-state index in [1.54, 1.807) is 0 Å². The molecule has 0 saturated heterocycles. The Morgan fingerprint density at radius 2 is 1.89 bits per heavy atom. The van der Waals surface area contributed by atoms with Crippen LogP contribution in [0.15, 0.2) is 53.1 Å². The van der Waals surface area contributed by atoms with Gasteiger partial charge < -0.3 is 9.84 Å². The largest absolute Gasteiger partial charge is 0.350 e. The molecule has 1 N–H and O–H groups in total. The lowest BCUT2D eigenvalue weighted by atomic mass is 10.0. The number of carbonyl (C=O) groups excluding carboxylic acids is 1. The van der Waals surface area contributed by atoms with Gasteiger partial charge in [-0.1, -0.05) is 60.6 Å². The van der Waals surface area contributed by atoms with Gasteiger partial charge in [-0.05, 0) is 37.0 Å². The van der Waals surface area contributed by atoms with Crippen LogP contribution in [0.25, 0.3) is 11.4 Å². The molecule has 1 atom stereocenters. The third kappa shape index (κ3) is 4.82. The zero-order chi connectivity index (χ0) is 19.2. The quantitative estimate of drug-likeness (QED) is 0.675. The van der Waals surface area contributed by atoms with Crippen molar-refractivity contribution in [1.29, 1.82) is 0 Å². The lowest BCUT2D eigenvalue weighted by molar-refractivity contribution is -0.121. The molecule has 1 heterocycles. The van der Waals surface area contributed by atoms with E-state index in [0.29, 0.717) is 24.6 Å². The molecule has 0 fully saturated rings. The molecule has 5 heteroatoms. The first-order chi connectivity index (χ1) is 13.1. The van der Waals surface area contributed by atoms with Crippen molar-refractivity contribution >= 4 is 5.91 Å². The van der Waals surface area contributed by atoms with Gasteiger partial charge in [-0.3, -0.25) is 4.79 Å². The van der Waals surface area contributed by atoms with Crippen LogP contribution in [-0.4, -0.2) is 16.0 Å². The van der Waals surface area contributed by atoms with E-state index in [0.717, 1.165) is 17.5 Å². The van der Waals surface area contributed by atoms with Crippen molar-refractivity contribution in [3.05, 3.63) is 71.1 Å². The number of aromatic nitrogens is 2. The lowest BCUT2D eigenvalue weighted by Crippen LogP contribution is -2.27. The number of rotatable bonds is 7. The molecule has 5 nitrogen and oxygen atoms in total. The molecule has 2 aromatic carbocycles. The molecule has 0 aliphatic heterocycles. The number of aryl methyl sites for hydroxylation is 3. The Bertz CT molecular complexity index is 900. The number of carbonyl (C=O) groups is 1. The van der Waals surface area contributed by atoms with Crippen molar-refractivity contribution in [3.8, 4) is 11.4 Å². The van der Waals surface area contributed by atoms with Crippen LogP contribution in [0.1, 0.15) is 48.9 Å². The third-order valence-corrected chi connectivity index (χ3v) is 4.69. The Labute approximate surface area is 159 Å². The minimum atomic E-state index is -0.0333. The molecule has 0 spiro atoms. The van der Waals surface area contributed by atoms with Crippen LogP contribution in [0.2, 0.25) is 0 Å². The summed E-state index contributed by atoms with van der Waals surface area (Å²) in [6.45, 7) is 6.16. The van der Waals surface area contributed by atoms with Gasteiger partial charge in [-0.15, -0.1) is 0 Å². The summed E-state index contributed by atoms with van der Waals surface area (Å²) in [5.41, 5.74) is 4.48. The van der Waals surface area contributed by atoms with Crippen molar-refractivity contribution in [1.82, 2.24) is 15.5 Å². The minimum absolute atomic E-state index is 0.0298. The molecule has 0 radical (unpaired) electrons. The van der Waals surface area contributed by atoms with E-state index in [9.17, 15) is 4.79 Å². The summed E-state index contributed by atoms with van der Waals surface area (Å²) in [5, 5.41) is 7.05. The summed E-state index contributed by atoms with van der Waals surface area (Å²) in [7, 11) is 0. The average Bonchev–Trinajstić information content (AvgIpc) is 3.16. The van der Waals surface area contributed by atoms with E-state index in [1.165, 1.54) is 11.1 Å². The molecular formula is C22H25N3O2. The molecule has 27 heavy (non-hydrogen) atoms. The van der Waals surface area contributed by atoms with Crippen LogP contribution < -0.4 is 5.32 Å². The second-order valence-corrected chi connectivity index (χ2v) is 6.71. The molecule has 0 saturated carbocycles. The summed E-state index contributed by atoms with van der Waals surface area (Å²) in [4.78, 5) is 16.7. The Kier molecular flexibility index (Phi) is 6.01. The molecule has 0 aliphatic carbocycles. The van der Waals surface area contributed by atoms with E-state index in [1.807, 2.05) is 50.2 Å². The lowest BCUT2D eigenvalue weighted by Gasteiger charge is -2.16. The Balaban J connectivity index is 1.55. The van der Waals surface area contributed by atoms with E-state index in [2.05, 4.69) is 34.5 Å². The highest BCUT2D eigenvalue weighted by molar-refractivity contribution is 5.76. The number of hydrogen-bond donors (Lipinski definition) is 1. The summed E-state index contributed by atoms with van der Waals surface area (Å²) in [6.07, 6.45) is 1.73. The fraction of sp³-hybridized carbons (Fsp3) is 0.318. The maximum absolute atomic E-state index is 12.3. The topological polar surface area (TPSA) is 68.0 Å². The summed E-state index contributed by atoms with van der Waals surface area (Å²) < 4.78 is 5.29. The fourth-order valence-corrected chi connectivity index (χ4v) is 3.05. The van der Waals surface area contributed by atoms with E-state index in [-0.39, 0.29) is 11.9 Å². The van der Waals surface area contributed by atoms with Gasteiger partial charge in [0.05, 0.1) is 6.04 Å². The van der Waals surface area contributed by atoms with Crippen molar-refractivity contribution in [3.63, 3.8) is 0 Å². The van der Waals surface area contributed by atoms with Crippen LogP contribution in [0, 0.1) is 6.92 Å². The fourth-order valence-electron chi connectivity index (χ4n) is 3.05. The van der Waals surface area contributed by atoms with Crippen molar-refractivity contribution in [2.75, 3.05) is 0 Å². The minimum Gasteiger partial charge on any atom is -0.350 e. The first-order valence-electron chi connectivity index (χ1n) is 9.33. The van der Waals surface area contributed by atoms with Crippen molar-refractivity contribution in [2.45, 2.75) is 46.1 Å². The van der Waals surface area contributed by atoms with Gasteiger partial charge in [-0.2, -0.15) is 4.98 Å². The zero-order valence-electron chi connectivity index (χ0n) is 16.0. The van der Waals surface area contributed by atoms with Gasteiger partial charge in [0.2, 0.25) is 17.6 Å². The maximum atomic E-state index is 12.3. The van der Waals surface area contributed by atoms with Gasteiger partial charge in [0.15, 0.2) is 0 Å². The predicted octanol–water partition coefficient (Wildman–Crippen LogP) is 4.42. The number of nitrogens with zero attached hydrogens (tertiary/aromatic N) is 2. The normalized spacial score (nSPS) is 12.0. The molecule has 1 aromatic heterocycles. The van der Waals surface area contributed by atoms with Crippen LogP contribution in [0.5, 0.6) is 0 Å². The highest BCUT2D eigenvalue weighted by atomic mass is 16.5. The van der Waals surface area contributed by atoms with Crippen molar-refractivity contribution < 1.29 is 9.32 Å². The predicted molar refractivity (Wildman–Crippen MR) is 105 cm³/mol. The highest BCUT2D eigenvalue weighted by Gasteiger charge is 2.14. The Morgan fingerprint density at radius 1 is 1.15 bits per heavy atom. The van der Waals surface area contributed by atoms with E-state index >= 15 is 0 Å². The second kappa shape index (κ2) is 8.62. The first kappa shape index (κ1) is 18.8. The van der Waals surface area contributed by atoms with Gasteiger partial charge in [-0.25, -0.2) is 0 Å². The Morgan fingerprint density at radius 3 is 2.59 bits per heavy atom. The average molecular weight is 363 g/mol. The molecule has 1 unspecified atom stereocenters. The Hall–Kier alpha value is -2.95. The summed E-state index contributed by atoms with van der Waals surface area (Å²) in [6, 6.07) is 16.1. The number of amides is 1. The maximum Gasteiger partial charge on any atom is 0.227 e. The van der Waals surface area contributed by atoms with Crippen LogP contribution in [0.3, 0.4) is 0 Å². The molecule has 0 aliphatic rings. The monoisotopic (exact) mass is 363 g/mol. The first-order valence-corrected chi connectivity index (χ1v) is 9.33. The van der Waals surface area contributed by atoms with E-state index < -0.39 is 0 Å². The number of nitrogens with one attached hydrogen (secondary N) is 1. The van der Waals surface area contributed by atoms with Gasteiger partial charge in [0.25, 0.3) is 0 Å². The number of benzene rings is 2.